The van der Waals surface area contributed by atoms with Gasteiger partial charge in [-0.2, -0.15) is 9.61 Å². The Morgan fingerprint density at radius 3 is 2.07 bits per heavy atom. The SMILES string of the molecule is O=c1c2ccccc2nc2cc(-c3ccccc3)c(-c3ccccc3)nn12. The second-order valence-electron chi connectivity index (χ2n) is 6.34. The minimum atomic E-state index is -0.160. The molecule has 2 heterocycles. The average molecular weight is 349 g/mol. The van der Waals surface area contributed by atoms with E-state index in [4.69, 9.17) is 5.10 Å². The van der Waals surface area contributed by atoms with Crippen LogP contribution >= 0.6 is 0 Å². The van der Waals surface area contributed by atoms with Crippen LogP contribution in [0.1, 0.15) is 0 Å². The summed E-state index contributed by atoms with van der Waals surface area (Å²) in [4.78, 5) is 17.6. The maximum Gasteiger partial charge on any atom is 0.282 e. The monoisotopic (exact) mass is 349 g/mol. The van der Waals surface area contributed by atoms with Gasteiger partial charge in [-0.15, -0.1) is 0 Å². The predicted molar refractivity (Wildman–Crippen MR) is 108 cm³/mol. The molecule has 27 heavy (non-hydrogen) atoms. The normalized spacial score (nSPS) is 11.1. The van der Waals surface area contributed by atoms with Crippen molar-refractivity contribution in [1.29, 1.82) is 0 Å². The number of fused-ring (bicyclic) bond motifs is 2. The fourth-order valence-electron chi connectivity index (χ4n) is 3.33. The van der Waals surface area contributed by atoms with Gasteiger partial charge in [-0.25, -0.2) is 4.98 Å². The Labute approximate surface area is 155 Å². The zero-order chi connectivity index (χ0) is 18.2. The summed E-state index contributed by atoms with van der Waals surface area (Å²) < 4.78 is 1.40. The standard InChI is InChI=1S/C23H15N3O/c27-23-18-13-7-8-14-20(18)24-21-15-19(16-9-3-1-4-10-16)22(25-26(21)23)17-11-5-2-6-12-17/h1-15H. The van der Waals surface area contributed by atoms with Crippen molar-refractivity contribution in [3.8, 4) is 22.4 Å². The van der Waals surface area contributed by atoms with Crippen LogP contribution in [0.2, 0.25) is 0 Å². The van der Waals surface area contributed by atoms with Gasteiger partial charge in [0.1, 0.15) is 0 Å². The first-order valence-corrected chi connectivity index (χ1v) is 8.75. The Morgan fingerprint density at radius 1 is 0.704 bits per heavy atom. The molecule has 0 aliphatic heterocycles. The first kappa shape index (κ1) is 15.5. The Balaban J connectivity index is 1.91. The first-order chi connectivity index (χ1) is 13.3. The molecular formula is C23H15N3O. The largest absolute Gasteiger partial charge is 0.282 e. The molecule has 0 saturated heterocycles. The van der Waals surface area contributed by atoms with Crippen molar-refractivity contribution in [2.24, 2.45) is 0 Å². The van der Waals surface area contributed by atoms with Crippen molar-refractivity contribution in [3.63, 3.8) is 0 Å². The smallest absolute Gasteiger partial charge is 0.267 e. The fraction of sp³-hybridized carbons (Fsp3) is 0. The molecule has 2 aromatic heterocycles. The van der Waals surface area contributed by atoms with Gasteiger partial charge in [0.15, 0.2) is 5.65 Å². The first-order valence-electron chi connectivity index (χ1n) is 8.75. The molecule has 4 heteroatoms. The van der Waals surface area contributed by atoms with Gasteiger partial charge in [-0.3, -0.25) is 4.79 Å². The Morgan fingerprint density at radius 2 is 1.33 bits per heavy atom. The Hall–Kier alpha value is -3.79. The molecule has 5 aromatic rings. The van der Waals surface area contributed by atoms with E-state index in [0.29, 0.717) is 16.6 Å². The van der Waals surface area contributed by atoms with Gasteiger partial charge in [0.05, 0.1) is 16.6 Å². The number of hydrogen-bond donors (Lipinski definition) is 0. The van der Waals surface area contributed by atoms with Crippen molar-refractivity contribution < 1.29 is 0 Å². The summed E-state index contributed by atoms with van der Waals surface area (Å²) in [6.07, 6.45) is 0. The van der Waals surface area contributed by atoms with Crippen LogP contribution < -0.4 is 5.56 Å². The average Bonchev–Trinajstić information content (AvgIpc) is 2.74. The maximum atomic E-state index is 13.0. The zero-order valence-electron chi connectivity index (χ0n) is 14.4. The van der Waals surface area contributed by atoms with E-state index in [0.717, 1.165) is 22.4 Å². The van der Waals surface area contributed by atoms with Crippen molar-refractivity contribution in [3.05, 3.63) is 101 Å². The molecular weight excluding hydrogens is 334 g/mol. The molecule has 0 spiro atoms. The lowest BCUT2D eigenvalue weighted by molar-refractivity contribution is 0.888. The maximum absolute atomic E-state index is 13.0. The van der Waals surface area contributed by atoms with Crippen LogP contribution in [0.15, 0.2) is 95.8 Å². The van der Waals surface area contributed by atoms with E-state index in [1.165, 1.54) is 4.52 Å². The lowest BCUT2D eigenvalue weighted by Gasteiger charge is -2.12. The van der Waals surface area contributed by atoms with Crippen LogP contribution in [0.3, 0.4) is 0 Å². The van der Waals surface area contributed by atoms with Crippen LogP contribution in [0.5, 0.6) is 0 Å². The number of rotatable bonds is 2. The molecule has 0 unspecified atom stereocenters. The number of para-hydroxylation sites is 1. The molecule has 0 fully saturated rings. The molecule has 4 nitrogen and oxygen atoms in total. The molecule has 3 aromatic carbocycles. The van der Waals surface area contributed by atoms with Gasteiger partial charge in [0.25, 0.3) is 5.56 Å². The quantitative estimate of drug-likeness (QED) is 0.438. The summed E-state index contributed by atoms with van der Waals surface area (Å²) >= 11 is 0. The van der Waals surface area contributed by atoms with Gasteiger partial charge in [-0.05, 0) is 23.8 Å². The van der Waals surface area contributed by atoms with Crippen molar-refractivity contribution in [2.45, 2.75) is 0 Å². The number of nitrogens with zero attached hydrogens (tertiary/aromatic N) is 3. The molecule has 0 N–H and O–H groups in total. The van der Waals surface area contributed by atoms with Gasteiger partial charge in [0, 0.05) is 11.1 Å². The Bertz CT molecular complexity index is 1330. The lowest BCUT2D eigenvalue weighted by Crippen LogP contribution is -2.18. The van der Waals surface area contributed by atoms with Gasteiger partial charge < -0.3 is 0 Å². The molecule has 0 bridgehead atoms. The third-order valence-electron chi connectivity index (χ3n) is 4.64. The summed E-state index contributed by atoms with van der Waals surface area (Å²) in [5.41, 5.74) is 4.75. The lowest BCUT2D eigenvalue weighted by atomic mass is 10.00. The van der Waals surface area contributed by atoms with Crippen molar-refractivity contribution in [2.75, 3.05) is 0 Å². The fourth-order valence-corrected chi connectivity index (χ4v) is 3.33. The molecule has 128 valence electrons. The van der Waals surface area contributed by atoms with Crippen LogP contribution in [0, 0.1) is 0 Å². The summed E-state index contributed by atoms with van der Waals surface area (Å²) in [6, 6.07) is 29.3. The van der Waals surface area contributed by atoms with E-state index in [-0.39, 0.29) is 5.56 Å². The number of hydrogen-bond acceptors (Lipinski definition) is 3. The van der Waals surface area contributed by atoms with Crippen LogP contribution in [0.4, 0.5) is 0 Å². The molecule has 0 aliphatic carbocycles. The second kappa shape index (κ2) is 6.18. The minimum absolute atomic E-state index is 0.160. The summed E-state index contributed by atoms with van der Waals surface area (Å²) in [5.74, 6) is 0. The molecule has 0 amide bonds. The van der Waals surface area contributed by atoms with E-state index in [9.17, 15) is 4.79 Å². The third-order valence-corrected chi connectivity index (χ3v) is 4.64. The number of aromatic nitrogens is 3. The zero-order valence-corrected chi connectivity index (χ0v) is 14.4. The van der Waals surface area contributed by atoms with E-state index in [1.807, 2.05) is 84.9 Å². The van der Waals surface area contributed by atoms with E-state index >= 15 is 0 Å². The molecule has 0 saturated carbocycles. The molecule has 0 atom stereocenters. The van der Waals surface area contributed by atoms with Gasteiger partial charge in [-0.1, -0.05) is 72.8 Å². The Kier molecular flexibility index (Phi) is 3.54. The highest BCUT2D eigenvalue weighted by atomic mass is 16.1. The minimum Gasteiger partial charge on any atom is -0.267 e. The number of benzene rings is 3. The predicted octanol–water partition coefficient (Wildman–Crippen LogP) is 4.58. The topological polar surface area (TPSA) is 47.3 Å². The van der Waals surface area contributed by atoms with Crippen molar-refractivity contribution >= 4 is 16.6 Å². The van der Waals surface area contributed by atoms with E-state index in [2.05, 4.69) is 4.98 Å². The molecule has 0 radical (unpaired) electrons. The third kappa shape index (κ3) is 2.59. The van der Waals surface area contributed by atoms with Crippen LogP contribution in [0.25, 0.3) is 38.9 Å². The summed E-state index contributed by atoms with van der Waals surface area (Å²) in [6.45, 7) is 0. The van der Waals surface area contributed by atoms with E-state index in [1.54, 1.807) is 6.07 Å². The second-order valence-corrected chi connectivity index (χ2v) is 6.34. The highest BCUT2D eigenvalue weighted by Crippen LogP contribution is 2.30. The summed E-state index contributed by atoms with van der Waals surface area (Å²) in [7, 11) is 0. The molecule has 5 rings (SSSR count). The van der Waals surface area contributed by atoms with Crippen LogP contribution in [-0.2, 0) is 0 Å². The highest BCUT2D eigenvalue weighted by Gasteiger charge is 2.14. The van der Waals surface area contributed by atoms with Crippen LogP contribution in [-0.4, -0.2) is 14.6 Å². The molecule has 0 aliphatic rings. The van der Waals surface area contributed by atoms with Gasteiger partial charge in [0.2, 0.25) is 0 Å². The van der Waals surface area contributed by atoms with Crippen molar-refractivity contribution in [1.82, 2.24) is 14.6 Å². The van der Waals surface area contributed by atoms with Gasteiger partial charge >= 0.3 is 0 Å². The van der Waals surface area contributed by atoms with E-state index < -0.39 is 0 Å². The highest BCUT2D eigenvalue weighted by molar-refractivity contribution is 5.84. The summed E-state index contributed by atoms with van der Waals surface area (Å²) in [5, 5.41) is 5.28.